The largest absolute Gasteiger partial charge is 0.464 e. The van der Waals surface area contributed by atoms with Crippen LogP contribution in [0.5, 0.6) is 0 Å². The summed E-state index contributed by atoms with van der Waals surface area (Å²) in [4.78, 5) is 36.5. The Bertz CT molecular complexity index is 510. The van der Waals surface area contributed by atoms with Crippen molar-refractivity contribution in [2.45, 2.75) is 19.0 Å². The van der Waals surface area contributed by atoms with Gasteiger partial charge in [-0.05, 0) is 19.5 Å². The fourth-order valence-corrected chi connectivity index (χ4v) is 2.13. The van der Waals surface area contributed by atoms with Crippen LogP contribution in [0.3, 0.4) is 0 Å². The fraction of sp³-hybridized carbons (Fsp3) is 0.357. The summed E-state index contributed by atoms with van der Waals surface area (Å²) >= 11 is 0. The SMILES string of the molecule is CCOC(=O)C1(N(C)Cc2ccccc2)C(=O)C1=O. The second-order valence-electron chi connectivity index (χ2n) is 4.43. The van der Waals surface area contributed by atoms with Crippen LogP contribution in [0.4, 0.5) is 0 Å². The molecular weight excluding hydrogens is 246 g/mol. The van der Waals surface area contributed by atoms with Gasteiger partial charge in [0.25, 0.3) is 5.54 Å². The smallest absolute Gasteiger partial charge is 0.343 e. The molecule has 1 aliphatic rings. The molecule has 0 radical (unpaired) electrons. The molecule has 0 atom stereocenters. The van der Waals surface area contributed by atoms with E-state index >= 15 is 0 Å². The summed E-state index contributed by atoms with van der Waals surface area (Å²) in [5.41, 5.74) is -0.799. The Labute approximate surface area is 111 Å². The first-order chi connectivity index (χ1) is 9.05. The molecule has 1 aromatic rings. The van der Waals surface area contributed by atoms with E-state index in [1.54, 1.807) is 14.0 Å². The van der Waals surface area contributed by atoms with E-state index in [0.29, 0.717) is 6.54 Å². The predicted octanol–water partition coefficient (Wildman–Crippen LogP) is 0.572. The molecule has 0 amide bonds. The first-order valence-corrected chi connectivity index (χ1v) is 6.06. The molecule has 0 N–H and O–H groups in total. The third kappa shape index (κ3) is 2.06. The lowest BCUT2D eigenvalue weighted by molar-refractivity contribution is -0.153. The third-order valence-corrected chi connectivity index (χ3v) is 3.21. The van der Waals surface area contributed by atoms with Crippen LogP contribution in [-0.4, -0.2) is 41.6 Å². The first-order valence-electron chi connectivity index (χ1n) is 6.06. The van der Waals surface area contributed by atoms with Crippen molar-refractivity contribution in [3.8, 4) is 0 Å². The van der Waals surface area contributed by atoms with Gasteiger partial charge >= 0.3 is 5.97 Å². The van der Waals surface area contributed by atoms with Gasteiger partial charge in [-0.3, -0.25) is 14.5 Å². The van der Waals surface area contributed by atoms with E-state index in [9.17, 15) is 14.4 Å². The molecule has 1 aliphatic carbocycles. The molecule has 0 aromatic heterocycles. The van der Waals surface area contributed by atoms with Crippen molar-refractivity contribution < 1.29 is 19.1 Å². The summed E-state index contributed by atoms with van der Waals surface area (Å²) < 4.78 is 4.85. The summed E-state index contributed by atoms with van der Waals surface area (Å²) in [6.07, 6.45) is 0. The van der Waals surface area contributed by atoms with E-state index in [1.807, 2.05) is 30.3 Å². The Morgan fingerprint density at radius 1 is 1.21 bits per heavy atom. The van der Waals surface area contributed by atoms with Crippen LogP contribution in [0, 0.1) is 0 Å². The van der Waals surface area contributed by atoms with E-state index in [4.69, 9.17) is 4.74 Å². The number of carbonyl (C=O) groups is 3. The monoisotopic (exact) mass is 261 g/mol. The number of rotatable bonds is 5. The Kier molecular flexibility index (Phi) is 3.48. The number of Topliss-reactive ketones (excluding diaryl/α,β-unsaturated/α-hetero) is 2. The quantitative estimate of drug-likeness (QED) is 0.440. The van der Waals surface area contributed by atoms with Gasteiger partial charge in [0.15, 0.2) is 0 Å². The average molecular weight is 261 g/mol. The standard InChI is InChI=1S/C14H15NO4/c1-3-19-13(18)14(11(16)12(14)17)15(2)9-10-7-5-4-6-8-10/h4-8H,3,9H2,1-2H3. The van der Waals surface area contributed by atoms with Gasteiger partial charge in [-0.2, -0.15) is 0 Å². The van der Waals surface area contributed by atoms with E-state index in [2.05, 4.69) is 0 Å². The molecular formula is C14H15NO4. The Hall–Kier alpha value is -2.01. The van der Waals surface area contributed by atoms with Crippen LogP contribution in [0.1, 0.15) is 12.5 Å². The minimum Gasteiger partial charge on any atom is -0.464 e. The molecule has 1 aromatic carbocycles. The average Bonchev–Trinajstić information content (AvgIpc) is 2.94. The van der Waals surface area contributed by atoms with Crippen molar-refractivity contribution in [2.24, 2.45) is 0 Å². The molecule has 0 unspecified atom stereocenters. The van der Waals surface area contributed by atoms with Gasteiger partial charge in [-0.1, -0.05) is 30.3 Å². The number of likely N-dealkylation sites (N-methyl/N-ethyl adjacent to an activating group) is 1. The summed E-state index contributed by atoms with van der Waals surface area (Å²) in [6.45, 7) is 2.11. The number of hydrogen-bond acceptors (Lipinski definition) is 5. The third-order valence-electron chi connectivity index (χ3n) is 3.21. The number of ether oxygens (including phenoxy) is 1. The lowest BCUT2D eigenvalue weighted by Crippen LogP contribution is -2.45. The molecule has 1 fully saturated rings. The second kappa shape index (κ2) is 4.93. The molecule has 0 saturated heterocycles. The maximum absolute atomic E-state index is 11.9. The van der Waals surface area contributed by atoms with Crippen LogP contribution in [-0.2, 0) is 25.7 Å². The van der Waals surface area contributed by atoms with Gasteiger partial charge in [0.1, 0.15) is 0 Å². The van der Waals surface area contributed by atoms with Crippen LogP contribution in [0.15, 0.2) is 30.3 Å². The van der Waals surface area contributed by atoms with E-state index in [1.165, 1.54) is 4.90 Å². The lowest BCUT2D eigenvalue weighted by Gasteiger charge is -2.22. The maximum atomic E-state index is 11.9. The van der Waals surface area contributed by atoms with Gasteiger partial charge in [0, 0.05) is 6.54 Å². The van der Waals surface area contributed by atoms with Gasteiger partial charge in [-0.15, -0.1) is 0 Å². The lowest BCUT2D eigenvalue weighted by atomic mass is 10.1. The highest BCUT2D eigenvalue weighted by Gasteiger charge is 2.74. The minimum absolute atomic E-state index is 0.139. The highest BCUT2D eigenvalue weighted by atomic mass is 16.5. The van der Waals surface area contributed by atoms with Crippen molar-refractivity contribution in [1.29, 1.82) is 0 Å². The molecule has 5 heteroatoms. The summed E-state index contributed by atoms with van der Waals surface area (Å²) in [5, 5.41) is 0. The molecule has 100 valence electrons. The van der Waals surface area contributed by atoms with Crippen molar-refractivity contribution in [1.82, 2.24) is 4.90 Å². The first kappa shape index (κ1) is 13.4. The number of esters is 1. The molecule has 19 heavy (non-hydrogen) atoms. The van der Waals surface area contributed by atoms with Crippen molar-refractivity contribution in [3.63, 3.8) is 0 Å². The van der Waals surface area contributed by atoms with E-state index < -0.39 is 23.1 Å². The Morgan fingerprint density at radius 2 is 1.79 bits per heavy atom. The molecule has 2 rings (SSSR count). The predicted molar refractivity (Wildman–Crippen MR) is 67.3 cm³/mol. The molecule has 0 heterocycles. The Morgan fingerprint density at radius 3 is 2.26 bits per heavy atom. The highest BCUT2D eigenvalue weighted by Crippen LogP contribution is 2.34. The second-order valence-corrected chi connectivity index (χ2v) is 4.43. The van der Waals surface area contributed by atoms with Crippen LogP contribution >= 0.6 is 0 Å². The zero-order valence-electron chi connectivity index (χ0n) is 10.9. The normalized spacial score (nSPS) is 16.6. The maximum Gasteiger partial charge on any atom is 0.343 e. The van der Waals surface area contributed by atoms with Crippen LogP contribution in [0.25, 0.3) is 0 Å². The summed E-state index contributed by atoms with van der Waals surface area (Å²) in [5.74, 6) is -2.16. The summed E-state index contributed by atoms with van der Waals surface area (Å²) in [6, 6.07) is 9.32. The minimum atomic E-state index is -1.72. The number of hydrogen-bond donors (Lipinski definition) is 0. The van der Waals surface area contributed by atoms with Crippen LogP contribution in [0.2, 0.25) is 0 Å². The topological polar surface area (TPSA) is 63.7 Å². The van der Waals surface area contributed by atoms with Gasteiger partial charge in [0.05, 0.1) is 6.61 Å². The molecule has 0 spiro atoms. The molecule has 0 bridgehead atoms. The zero-order valence-corrected chi connectivity index (χ0v) is 10.9. The molecule has 1 saturated carbocycles. The van der Waals surface area contributed by atoms with E-state index in [-0.39, 0.29) is 6.61 Å². The number of ketones is 2. The van der Waals surface area contributed by atoms with Gasteiger partial charge in [0.2, 0.25) is 11.6 Å². The Balaban J connectivity index is 2.20. The van der Waals surface area contributed by atoms with Crippen LogP contribution < -0.4 is 0 Å². The molecule has 0 aliphatic heterocycles. The number of benzene rings is 1. The van der Waals surface area contributed by atoms with Gasteiger partial charge < -0.3 is 4.74 Å². The zero-order chi connectivity index (χ0) is 14.0. The fourth-order valence-electron chi connectivity index (χ4n) is 2.13. The number of nitrogens with zero attached hydrogens (tertiary/aromatic N) is 1. The summed E-state index contributed by atoms with van der Waals surface area (Å²) in [7, 11) is 1.58. The number of carbonyl (C=O) groups excluding carboxylic acids is 3. The highest BCUT2D eigenvalue weighted by molar-refractivity contribution is 6.73. The van der Waals surface area contributed by atoms with Crippen molar-refractivity contribution in [2.75, 3.05) is 13.7 Å². The van der Waals surface area contributed by atoms with Crippen molar-refractivity contribution >= 4 is 17.5 Å². The molecule has 5 nitrogen and oxygen atoms in total. The van der Waals surface area contributed by atoms with Crippen molar-refractivity contribution in [3.05, 3.63) is 35.9 Å². The van der Waals surface area contributed by atoms with E-state index in [0.717, 1.165) is 5.56 Å². The van der Waals surface area contributed by atoms with Gasteiger partial charge in [-0.25, -0.2) is 4.79 Å².